The molecule has 1 saturated heterocycles. The van der Waals surface area contributed by atoms with Crippen molar-refractivity contribution in [2.24, 2.45) is 0 Å². The molecule has 7 nitrogen and oxygen atoms in total. The Morgan fingerprint density at radius 1 is 1.36 bits per heavy atom. The third-order valence-corrected chi connectivity index (χ3v) is 4.22. The quantitative estimate of drug-likeness (QED) is 0.299. The summed E-state index contributed by atoms with van der Waals surface area (Å²) < 4.78 is 26.4. The van der Waals surface area contributed by atoms with Crippen LogP contribution < -0.4 is 5.32 Å². The molecule has 3 unspecified atom stereocenters. The van der Waals surface area contributed by atoms with Gasteiger partial charge in [0.05, 0.1) is 32.5 Å². The maximum Gasteiger partial charge on any atom is 0.407 e. The Morgan fingerprint density at radius 2 is 2.14 bits per heavy atom. The highest BCUT2D eigenvalue weighted by Crippen LogP contribution is 2.09. The summed E-state index contributed by atoms with van der Waals surface area (Å²) in [4.78, 5) is 11.5. The highest BCUT2D eigenvalue weighted by molar-refractivity contribution is 6.26. The Balaban J connectivity index is 1.93. The molecule has 22 heavy (non-hydrogen) atoms. The van der Waals surface area contributed by atoms with Crippen molar-refractivity contribution in [3.63, 3.8) is 0 Å². The minimum Gasteiger partial charge on any atom is -0.444 e. The molecule has 1 heterocycles. The van der Waals surface area contributed by atoms with Crippen LogP contribution >= 0.6 is 0 Å². The third kappa shape index (κ3) is 11.0. The SMILES string of the molecule is CO[SiH2]CCCNC(=O)OC(C)COC(C)COCC1CO1. The number of alkyl carbamates (subject to hydrolysis) is 1. The normalized spacial score (nSPS) is 20.0. The average Bonchev–Trinajstić information content (AvgIpc) is 3.29. The minimum atomic E-state index is -0.403. The summed E-state index contributed by atoms with van der Waals surface area (Å²) in [5.41, 5.74) is 0. The van der Waals surface area contributed by atoms with Gasteiger partial charge in [0.25, 0.3) is 0 Å². The van der Waals surface area contributed by atoms with Crippen molar-refractivity contribution in [1.29, 1.82) is 0 Å². The Kier molecular flexibility index (Phi) is 10.4. The van der Waals surface area contributed by atoms with E-state index in [0.717, 1.165) is 19.1 Å². The van der Waals surface area contributed by atoms with Crippen LogP contribution in [0.25, 0.3) is 0 Å². The fraction of sp³-hybridized carbons (Fsp3) is 0.929. The molecule has 0 bridgehead atoms. The van der Waals surface area contributed by atoms with Crippen LogP contribution in [-0.4, -0.2) is 74.3 Å². The van der Waals surface area contributed by atoms with E-state index in [9.17, 15) is 4.79 Å². The van der Waals surface area contributed by atoms with Crippen LogP contribution in [0.2, 0.25) is 6.04 Å². The van der Waals surface area contributed by atoms with E-state index in [-0.39, 0.29) is 18.3 Å². The molecule has 1 rings (SSSR count). The first-order valence-electron chi connectivity index (χ1n) is 7.86. The first kappa shape index (κ1) is 19.4. The molecule has 0 radical (unpaired) electrons. The fourth-order valence-corrected chi connectivity index (χ4v) is 2.44. The lowest BCUT2D eigenvalue weighted by Gasteiger charge is -2.18. The molecule has 1 amide bonds. The van der Waals surface area contributed by atoms with Crippen LogP contribution in [-0.2, 0) is 23.4 Å². The monoisotopic (exact) mass is 335 g/mol. The number of rotatable bonds is 13. The molecule has 0 spiro atoms. The molecule has 0 aromatic rings. The minimum absolute atomic E-state index is 0.0353. The lowest BCUT2D eigenvalue weighted by Crippen LogP contribution is -2.32. The van der Waals surface area contributed by atoms with Crippen molar-refractivity contribution < 1.29 is 28.2 Å². The maximum absolute atomic E-state index is 11.5. The predicted molar refractivity (Wildman–Crippen MR) is 84.9 cm³/mol. The fourth-order valence-electron chi connectivity index (χ4n) is 1.70. The molecule has 8 heteroatoms. The standard InChI is InChI=1S/C14H29NO6Si/c1-11(7-18-9-13-10-20-13)19-8-12(2)21-14(16)15-5-4-6-22-17-3/h11-13H,4-10,22H2,1-3H3,(H,15,16). The van der Waals surface area contributed by atoms with Crippen LogP contribution in [0.3, 0.4) is 0 Å². The highest BCUT2D eigenvalue weighted by Gasteiger charge is 2.22. The molecule has 1 N–H and O–H groups in total. The molecule has 0 aliphatic carbocycles. The van der Waals surface area contributed by atoms with Crippen molar-refractivity contribution in [2.45, 2.75) is 44.6 Å². The summed E-state index contributed by atoms with van der Waals surface area (Å²) in [6, 6.07) is 1.05. The van der Waals surface area contributed by atoms with Gasteiger partial charge in [0.2, 0.25) is 0 Å². The van der Waals surface area contributed by atoms with E-state index in [1.54, 1.807) is 7.11 Å². The first-order chi connectivity index (χ1) is 10.6. The van der Waals surface area contributed by atoms with E-state index in [0.29, 0.717) is 26.4 Å². The smallest absolute Gasteiger partial charge is 0.407 e. The lowest BCUT2D eigenvalue weighted by atomic mass is 10.4. The predicted octanol–water partition coefficient (Wildman–Crippen LogP) is 0.460. The second kappa shape index (κ2) is 11.8. The maximum atomic E-state index is 11.5. The molecular weight excluding hydrogens is 306 g/mol. The van der Waals surface area contributed by atoms with Gasteiger partial charge >= 0.3 is 6.09 Å². The van der Waals surface area contributed by atoms with E-state index in [2.05, 4.69) is 5.32 Å². The average molecular weight is 335 g/mol. The van der Waals surface area contributed by atoms with Gasteiger partial charge in [-0.05, 0) is 26.3 Å². The van der Waals surface area contributed by atoms with Gasteiger partial charge in [0, 0.05) is 13.7 Å². The van der Waals surface area contributed by atoms with Gasteiger partial charge in [0.1, 0.15) is 12.2 Å². The van der Waals surface area contributed by atoms with Crippen LogP contribution in [0, 0.1) is 0 Å². The topological polar surface area (TPSA) is 78.6 Å². The van der Waals surface area contributed by atoms with Crippen molar-refractivity contribution in [2.75, 3.05) is 40.1 Å². The van der Waals surface area contributed by atoms with E-state index in [1.807, 2.05) is 13.8 Å². The molecular formula is C14H29NO6Si. The zero-order chi connectivity index (χ0) is 16.2. The van der Waals surface area contributed by atoms with Crippen LogP contribution in [0.5, 0.6) is 0 Å². The van der Waals surface area contributed by atoms with Crippen LogP contribution in [0.1, 0.15) is 20.3 Å². The van der Waals surface area contributed by atoms with Gasteiger partial charge in [0.15, 0.2) is 9.76 Å². The number of hydrogen-bond acceptors (Lipinski definition) is 6. The summed E-state index contributed by atoms with van der Waals surface area (Å²) in [5, 5.41) is 2.73. The van der Waals surface area contributed by atoms with E-state index >= 15 is 0 Å². The third-order valence-electron chi connectivity index (χ3n) is 3.03. The number of hydrogen-bond donors (Lipinski definition) is 1. The van der Waals surface area contributed by atoms with Gasteiger partial charge in [-0.1, -0.05) is 0 Å². The number of ether oxygens (including phenoxy) is 4. The van der Waals surface area contributed by atoms with E-state index < -0.39 is 15.9 Å². The Bertz CT molecular complexity index is 303. The van der Waals surface area contributed by atoms with Crippen molar-refractivity contribution in [3.05, 3.63) is 0 Å². The van der Waals surface area contributed by atoms with E-state index in [1.165, 1.54) is 0 Å². The largest absolute Gasteiger partial charge is 0.444 e. The molecule has 3 atom stereocenters. The summed E-state index contributed by atoms with van der Waals surface area (Å²) in [6.07, 6.45) is 0.475. The second-order valence-electron chi connectivity index (χ2n) is 5.48. The molecule has 0 aromatic carbocycles. The molecule has 0 aromatic heterocycles. The number of nitrogens with one attached hydrogen (secondary N) is 1. The zero-order valence-corrected chi connectivity index (χ0v) is 15.3. The Hall–Kier alpha value is -0.673. The van der Waals surface area contributed by atoms with Crippen molar-refractivity contribution >= 4 is 15.9 Å². The van der Waals surface area contributed by atoms with E-state index in [4.69, 9.17) is 23.4 Å². The first-order valence-corrected chi connectivity index (χ1v) is 9.44. The zero-order valence-electron chi connectivity index (χ0n) is 13.8. The lowest BCUT2D eigenvalue weighted by molar-refractivity contribution is -0.0416. The Labute approximate surface area is 134 Å². The molecule has 130 valence electrons. The summed E-state index contributed by atoms with van der Waals surface area (Å²) in [7, 11) is 1.32. The summed E-state index contributed by atoms with van der Waals surface area (Å²) in [6.45, 7) is 6.65. The summed E-state index contributed by atoms with van der Waals surface area (Å²) in [5.74, 6) is 0. The van der Waals surface area contributed by atoms with Gasteiger partial charge < -0.3 is 28.7 Å². The van der Waals surface area contributed by atoms with Gasteiger partial charge in [-0.3, -0.25) is 0 Å². The van der Waals surface area contributed by atoms with Crippen molar-refractivity contribution in [3.8, 4) is 0 Å². The second-order valence-corrected chi connectivity index (χ2v) is 7.17. The number of carbonyl (C=O) groups excluding carboxylic acids is 1. The number of epoxide rings is 1. The molecule has 1 aliphatic heterocycles. The van der Waals surface area contributed by atoms with Crippen LogP contribution in [0.15, 0.2) is 0 Å². The van der Waals surface area contributed by atoms with Crippen molar-refractivity contribution in [1.82, 2.24) is 5.32 Å². The van der Waals surface area contributed by atoms with Gasteiger partial charge in [-0.25, -0.2) is 4.79 Å². The summed E-state index contributed by atoms with van der Waals surface area (Å²) >= 11 is 0. The van der Waals surface area contributed by atoms with Gasteiger partial charge in [-0.15, -0.1) is 0 Å². The molecule has 0 saturated carbocycles. The number of carbonyl (C=O) groups is 1. The number of amides is 1. The Morgan fingerprint density at radius 3 is 2.82 bits per heavy atom. The molecule has 1 fully saturated rings. The highest BCUT2D eigenvalue weighted by atomic mass is 28.2. The van der Waals surface area contributed by atoms with Crippen LogP contribution in [0.4, 0.5) is 4.79 Å². The van der Waals surface area contributed by atoms with Gasteiger partial charge in [-0.2, -0.15) is 0 Å². The molecule has 1 aliphatic rings.